The summed E-state index contributed by atoms with van der Waals surface area (Å²) in [6, 6.07) is 10.4. The van der Waals surface area contributed by atoms with Crippen molar-refractivity contribution >= 4 is 23.6 Å². The van der Waals surface area contributed by atoms with E-state index in [1.54, 1.807) is 38.3 Å². The molecule has 4 heterocycles. The van der Waals surface area contributed by atoms with Gasteiger partial charge >= 0.3 is 5.97 Å². The van der Waals surface area contributed by atoms with E-state index in [4.69, 9.17) is 30.8 Å². The summed E-state index contributed by atoms with van der Waals surface area (Å²) in [5.74, 6) is 0.338. The Morgan fingerprint density at radius 1 is 1.16 bits per heavy atom. The number of piperidine rings is 1. The highest BCUT2D eigenvalue weighted by Gasteiger charge is 2.43. The van der Waals surface area contributed by atoms with Crippen molar-refractivity contribution < 1.29 is 23.4 Å². The molecule has 1 saturated heterocycles. The van der Waals surface area contributed by atoms with Gasteiger partial charge in [0.25, 0.3) is 5.79 Å². The summed E-state index contributed by atoms with van der Waals surface area (Å²) in [5.41, 5.74) is 3.27. The lowest BCUT2D eigenvalue weighted by atomic mass is 9.88. The summed E-state index contributed by atoms with van der Waals surface area (Å²) in [5, 5.41) is 0.321. The average Bonchev–Trinajstić information content (AvgIpc) is 3.73. The number of imidazole rings is 2. The van der Waals surface area contributed by atoms with Crippen LogP contribution in [0.25, 0.3) is 6.08 Å². The molecule has 2 aliphatic heterocycles. The molecule has 2 aromatic heterocycles. The van der Waals surface area contributed by atoms with E-state index in [9.17, 15) is 9.18 Å². The van der Waals surface area contributed by atoms with Crippen LogP contribution in [0.15, 0.2) is 61.2 Å². The molecule has 6 rings (SSSR count). The zero-order valence-corrected chi connectivity index (χ0v) is 26.5. The van der Waals surface area contributed by atoms with Gasteiger partial charge in [0.2, 0.25) is 0 Å². The van der Waals surface area contributed by atoms with Crippen molar-refractivity contribution in [2.24, 2.45) is 0 Å². The molecule has 1 fully saturated rings. The van der Waals surface area contributed by atoms with Crippen molar-refractivity contribution in [3.05, 3.63) is 100 Å². The first-order chi connectivity index (χ1) is 21.8. The number of halogens is 2. The Kier molecular flexibility index (Phi) is 8.96. The van der Waals surface area contributed by atoms with Crippen molar-refractivity contribution in [2.45, 2.75) is 65.0 Å². The van der Waals surface area contributed by atoms with Crippen LogP contribution >= 0.6 is 11.6 Å². The van der Waals surface area contributed by atoms with Gasteiger partial charge in [-0.15, -0.1) is 0 Å². The molecule has 236 valence electrons. The summed E-state index contributed by atoms with van der Waals surface area (Å²) in [4.78, 5) is 23.5. The number of nitrogens with zero attached hydrogens (tertiary/aromatic N) is 5. The Bertz CT molecular complexity index is 1710. The second kappa shape index (κ2) is 13.1. The zero-order chi connectivity index (χ0) is 31.6. The second-order valence-corrected chi connectivity index (χ2v) is 11.9. The average molecular weight is 634 g/mol. The summed E-state index contributed by atoms with van der Waals surface area (Å²) in [6.45, 7) is 9.73. The van der Waals surface area contributed by atoms with Crippen molar-refractivity contribution in [3.63, 3.8) is 0 Å². The van der Waals surface area contributed by atoms with Crippen LogP contribution < -0.4 is 9.47 Å². The molecular weight excluding hydrogens is 597 g/mol. The van der Waals surface area contributed by atoms with Crippen LogP contribution in [-0.2, 0) is 35.0 Å². The lowest BCUT2D eigenvalue weighted by Gasteiger charge is -2.32. The molecule has 0 saturated carbocycles. The maximum atomic E-state index is 14.8. The number of likely N-dealkylation sites (tertiary alicyclic amines) is 1. The van der Waals surface area contributed by atoms with Crippen molar-refractivity contribution in [1.82, 2.24) is 24.0 Å². The number of benzene rings is 2. The fourth-order valence-corrected chi connectivity index (χ4v) is 6.34. The van der Waals surface area contributed by atoms with Gasteiger partial charge in [-0.2, -0.15) is 0 Å². The third-order valence-corrected chi connectivity index (χ3v) is 8.76. The van der Waals surface area contributed by atoms with Gasteiger partial charge in [0.05, 0.1) is 49.2 Å². The molecule has 45 heavy (non-hydrogen) atoms. The largest absolute Gasteiger partial charge is 0.463 e. The topological polar surface area (TPSA) is 83.6 Å². The van der Waals surface area contributed by atoms with Gasteiger partial charge in [-0.3, -0.25) is 4.90 Å². The molecule has 2 aliphatic rings. The number of aryl methyl sites for hydroxylation is 1. The molecular formula is C34H37ClFN5O4. The number of esters is 1. The van der Waals surface area contributed by atoms with Crippen LogP contribution in [0.1, 0.15) is 67.9 Å². The molecule has 0 spiro atoms. The number of carbonyl (C=O) groups excluding carboxylic acids is 1. The van der Waals surface area contributed by atoms with Crippen LogP contribution in [0.3, 0.4) is 0 Å². The molecule has 9 nitrogen and oxygen atoms in total. The fraction of sp³-hybridized carbons (Fsp3) is 0.382. The Labute approximate surface area is 267 Å². The number of para-hydroxylation sites is 1. The number of ether oxygens (including phenoxy) is 3. The van der Waals surface area contributed by atoms with Crippen molar-refractivity contribution in [2.75, 3.05) is 19.7 Å². The summed E-state index contributed by atoms with van der Waals surface area (Å²) >= 11 is 5.98. The molecule has 0 amide bonds. The number of rotatable bonds is 10. The highest BCUT2D eigenvalue weighted by Crippen LogP contribution is 2.49. The van der Waals surface area contributed by atoms with Gasteiger partial charge in [-0.1, -0.05) is 23.7 Å². The first kappa shape index (κ1) is 30.9. The standard InChI is InChI=1S/C34H37ClFN5O4/c1-4-40-22-37-18-26(40)20-41-25(10-12-32(42)43-5-2)19-38-31(41)21-39-15-13-23(14-16-39)27-7-6-8-30-33(27)45-34(3,44-30)28-11-9-24(35)17-29(28)36/h6-12,17-19,22-23H,4-5,13-16,20-21H2,1-3H3/b12-10+. The van der Waals surface area contributed by atoms with Gasteiger partial charge in [-0.25, -0.2) is 19.2 Å². The van der Waals surface area contributed by atoms with Crippen molar-refractivity contribution in [3.8, 4) is 11.5 Å². The smallest absolute Gasteiger partial charge is 0.330 e. The van der Waals surface area contributed by atoms with E-state index in [1.807, 2.05) is 24.7 Å². The van der Waals surface area contributed by atoms with Gasteiger partial charge in [0.15, 0.2) is 11.5 Å². The van der Waals surface area contributed by atoms with Crippen LogP contribution in [0.5, 0.6) is 11.5 Å². The van der Waals surface area contributed by atoms with Crippen LogP contribution in [0.2, 0.25) is 5.02 Å². The zero-order valence-electron chi connectivity index (χ0n) is 25.7. The number of carbonyl (C=O) groups is 1. The molecule has 0 aliphatic carbocycles. The maximum Gasteiger partial charge on any atom is 0.330 e. The Balaban J connectivity index is 1.16. The summed E-state index contributed by atoms with van der Waals surface area (Å²) in [7, 11) is 0. The van der Waals surface area contributed by atoms with E-state index in [2.05, 4.69) is 32.0 Å². The van der Waals surface area contributed by atoms with Gasteiger partial charge in [-0.05, 0) is 76.0 Å². The minimum absolute atomic E-state index is 0.263. The quantitative estimate of drug-likeness (QED) is 0.145. The third kappa shape index (κ3) is 6.48. The normalized spacial score (nSPS) is 18.6. The number of aromatic nitrogens is 4. The van der Waals surface area contributed by atoms with E-state index in [0.717, 1.165) is 55.3 Å². The fourth-order valence-electron chi connectivity index (χ4n) is 6.18. The molecule has 1 atom stereocenters. The lowest BCUT2D eigenvalue weighted by molar-refractivity contribution is -0.137. The molecule has 4 aromatic rings. The van der Waals surface area contributed by atoms with Crippen LogP contribution in [0, 0.1) is 5.82 Å². The molecule has 0 N–H and O–H groups in total. The van der Waals surface area contributed by atoms with Crippen LogP contribution in [-0.4, -0.2) is 49.7 Å². The van der Waals surface area contributed by atoms with E-state index in [-0.39, 0.29) is 11.9 Å². The molecule has 2 aromatic carbocycles. The SMILES string of the molecule is CCOC(=O)/C=C/c1cnc(CN2CCC(c3cccc4c3OC(C)(c3ccc(Cl)cc3F)O4)CC2)n1Cc1cncn1CC. The first-order valence-corrected chi connectivity index (χ1v) is 15.7. The maximum absolute atomic E-state index is 14.8. The van der Waals surface area contributed by atoms with Gasteiger partial charge in [0.1, 0.15) is 11.6 Å². The predicted molar refractivity (Wildman–Crippen MR) is 169 cm³/mol. The van der Waals surface area contributed by atoms with E-state index in [0.29, 0.717) is 41.8 Å². The third-order valence-electron chi connectivity index (χ3n) is 8.53. The minimum Gasteiger partial charge on any atom is -0.463 e. The molecule has 11 heteroatoms. The summed E-state index contributed by atoms with van der Waals surface area (Å²) < 4.78 is 36.7. The summed E-state index contributed by atoms with van der Waals surface area (Å²) in [6.07, 6.45) is 10.5. The number of hydrogen-bond acceptors (Lipinski definition) is 7. The first-order valence-electron chi connectivity index (χ1n) is 15.3. The monoisotopic (exact) mass is 633 g/mol. The van der Waals surface area contributed by atoms with E-state index >= 15 is 0 Å². The van der Waals surface area contributed by atoms with Gasteiger partial charge in [0, 0.05) is 36.3 Å². The molecule has 0 bridgehead atoms. The Hall–Kier alpha value is -4.15. The Morgan fingerprint density at radius 3 is 2.73 bits per heavy atom. The minimum atomic E-state index is -1.28. The van der Waals surface area contributed by atoms with E-state index < -0.39 is 11.6 Å². The molecule has 0 radical (unpaired) electrons. The highest BCUT2D eigenvalue weighted by atomic mass is 35.5. The highest BCUT2D eigenvalue weighted by molar-refractivity contribution is 6.30. The van der Waals surface area contributed by atoms with Gasteiger partial charge < -0.3 is 23.3 Å². The Morgan fingerprint density at radius 2 is 1.98 bits per heavy atom. The second-order valence-electron chi connectivity index (χ2n) is 11.4. The lowest BCUT2D eigenvalue weighted by Crippen LogP contribution is -2.34. The molecule has 1 unspecified atom stereocenters. The number of fused-ring (bicyclic) bond motifs is 1. The van der Waals surface area contributed by atoms with Crippen LogP contribution in [0.4, 0.5) is 4.39 Å². The van der Waals surface area contributed by atoms with E-state index in [1.165, 1.54) is 12.1 Å². The van der Waals surface area contributed by atoms with Crippen molar-refractivity contribution in [1.29, 1.82) is 0 Å². The predicted octanol–water partition coefficient (Wildman–Crippen LogP) is 6.54. The number of hydrogen-bond donors (Lipinski definition) is 0.